The van der Waals surface area contributed by atoms with E-state index in [1.165, 1.54) is 5.56 Å². The summed E-state index contributed by atoms with van der Waals surface area (Å²) in [6.45, 7) is 21.9. The number of carbonyl (C=O) groups excluding carboxylic acids is 1. The molecule has 0 bridgehead atoms. The molecule has 0 radical (unpaired) electrons. The number of nitrogens with one attached hydrogen (secondary N) is 1. The van der Waals surface area contributed by atoms with Crippen LogP contribution >= 0.6 is 0 Å². The molecule has 148 valence electrons. The Morgan fingerprint density at radius 3 is 1.85 bits per heavy atom. The fourth-order valence-electron chi connectivity index (χ4n) is 4.04. The molecule has 0 spiro atoms. The van der Waals surface area contributed by atoms with Crippen molar-refractivity contribution in [3.8, 4) is 0 Å². The molecule has 0 fully saturated rings. The van der Waals surface area contributed by atoms with Gasteiger partial charge in [-0.05, 0) is 49.0 Å². The summed E-state index contributed by atoms with van der Waals surface area (Å²) in [6, 6.07) is 10.6. The summed E-state index contributed by atoms with van der Waals surface area (Å²) >= 11 is 0. The van der Waals surface area contributed by atoms with Gasteiger partial charge in [0.15, 0.2) is 0 Å². The number of rotatable bonds is 8. The molecule has 0 aromatic heterocycles. The van der Waals surface area contributed by atoms with Crippen LogP contribution in [-0.4, -0.2) is 11.4 Å². The van der Waals surface area contributed by atoms with E-state index >= 15 is 0 Å². The van der Waals surface area contributed by atoms with E-state index in [0.29, 0.717) is 5.92 Å². The van der Waals surface area contributed by atoms with Gasteiger partial charge in [0.1, 0.15) is 0 Å². The second-order valence-electron chi connectivity index (χ2n) is 11.0. The molecule has 0 saturated heterocycles. The third kappa shape index (κ3) is 6.14. The molecule has 1 N–H and O–H groups in total. The summed E-state index contributed by atoms with van der Waals surface area (Å²) in [5, 5.41) is 3.34. The highest BCUT2D eigenvalue weighted by Crippen LogP contribution is 2.40. The van der Waals surface area contributed by atoms with Crippen LogP contribution in [0.1, 0.15) is 87.6 Å². The van der Waals surface area contributed by atoms with E-state index in [0.717, 1.165) is 12.8 Å². The molecule has 1 aromatic rings. The van der Waals surface area contributed by atoms with Crippen LogP contribution in [0.15, 0.2) is 30.3 Å². The minimum Gasteiger partial charge on any atom is -0.351 e. The SMILES string of the molecule is CC(C)C(C)(C)CC(C)(C)C(=O)NC(C)(C)CC(C)(C)c1ccccc1. The molecule has 26 heavy (non-hydrogen) atoms. The second-order valence-corrected chi connectivity index (χ2v) is 11.0. The van der Waals surface area contributed by atoms with Crippen molar-refractivity contribution in [2.75, 3.05) is 0 Å². The lowest BCUT2D eigenvalue weighted by Gasteiger charge is -2.41. The van der Waals surface area contributed by atoms with Gasteiger partial charge in [0.05, 0.1) is 0 Å². The molecule has 2 heteroatoms. The fourth-order valence-corrected chi connectivity index (χ4v) is 4.04. The average Bonchev–Trinajstić information content (AvgIpc) is 2.45. The Labute approximate surface area is 162 Å². The molecule has 0 heterocycles. The van der Waals surface area contributed by atoms with Crippen molar-refractivity contribution in [1.29, 1.82) is 0 Å². The molecular formula is C24H41NO. The van der Waals surface area contributed by atoms with Gasteiger partial charge in [-0.2, -0.15) is 0 Å². The highest BCUT2D eigenvalue weighted by molar-refractivity contribution is 5.82. The smallest absolute Gasteiger partial charge is 0.226 e. The molecule has 0 aliphatic carbocycles. The third-order valence-corrected chi connectivity index (χ3v) is 5.97. The molecule has 0 saturated carbocycles. The highest BCUT2D eigenvalue weighted by atomic mass is 16.2. The summed E-state index contributed by atoms with van der Waals surface area (Å²) in [5.41, 5.74) is 0.785. The van der Waals surface area contributed by atoms with Crippen LogP contribution in [0.2, 0.25) is 0 Å². The van der Waals surface area contributed by atoms with Crippen molar-refractivity contribution in [3.63, 3.8) is 0 Å². The minimum absolute atomic E-state index is 0.000609. The maximum atomic E-state index is 13.1. The van der Waals surface area contributed by atoms with E-state index < -0.39 is 0 Å². The Morgan fingerprint density at radius 1 is 0.885 bits per heavy atom. The average molecular weight is 360 g/mol. The first-order valence-electron chi connectivity index (χ1n) is 9.97. The van der Waals surface area contributed by atoms with Crippen molar-refractivity contribution >= 4 is 5.91 Å². The van der Waals surface area contributed by atoms with Gasteiger partial charge in [0.25, 0.3) is 0 Å². The Kier molecular flexibility index (Phi) is 6.77. The largest absolute Gasteiger partial charge is 0.351 e. The predicted molar refractivity (Wildman–Crippen MR) is 113 cm³/mol. The summed E-state index contributed by atoms with van der Waals surface area (Å²) in [7, 11) is 0. The third-order valence-electron chi connectivity index (χ3n) is 5.97. The fraction of sp³-hybridized carbons (Fsp3) is 0.708. The van der Waals surface area contributed by atoms with E-state index in [4.69, 9.17) is 0 Å². The predicted octanol–water partition coefficient (Wildman–Crippen LogP) is 6.35. The van der Waals surface area contributed by atoms with Crippen molar-refractivity contribution < 1.29 is 4.79 Å². The maximum absolute atomic E-state index is 13.1. The number of benzene rings is 1. The van der Waals surface area contributed by atoms with E-state index in [1.807, 2.05) is 6.07 Å². The normalized spacial score (nSPS) is 13.8. The molecule has 1 rings (SSSR count). The van der Waals surface area contributed by atoms with Crippen molar-refractivity contribution in [3.05, 3.63) is 35.9 Å². The number of hydrogen-bond acceptors (Lipinski definition) is 1. The van der Waals surface area contributed by atoms with E-state index in [1.54, 1.807) is 0 Å². The molecule has 0 atom stereocenters. The summed E-state index contributed by atoms with van der Waals surface area (Å²) in [4.78, 5) is 13.1. The minimum atomic E-state index is -0.387. The number of amides is 1. The first-order chi connectivity index (χ1) is 11.6. The van der Waals surface area contributed by atoms with Gasteiger partial charge in [-0.3, -0.25) is 4.79 Å². The zero-order chi connectivity index (χ0) is 20.4. The topological polar surface area (TPSA) is 29.1 Å². The lowest BCUT2D eigenvalue weighted by Crippen LogP contribution is -2.52. The Balaban J connectivity index is 2.86. The van der Waals surface area contributed by atoms with Crippen LogP contribution < -0.4 is 5.32 Å². The van der Waals surface area contributed by atoms with Crippen molar-refractivity contribution in [1.82, 2.24) is 5.32 Å². The van der Waals surface area contributed by atoms with Crippen LogP contribution in [0, 0.1) is 16.7 Å². The maximum Gasteiger partial charge on any atom is 0.226 e. The first kappa shape index (κ1) is 22.7. The van der Waals surface area contributed by atoms with Crippen LogP contribution in [0.3, 0.4) is 0 Å². The zero-order valence-electron chi connectivity index (χ0n) is 18.8. The van der Waals surface area contributed by atoms with Crippen LogP contribution in [-0.2, 0) is 10.2 Å². The van der Waals surface area contributed by atoms with Crippen LogP contribution in [0.4, 0.5) is 0 Å². The first-order valence-corrected chi connectivity index (χ1v) is 9.97. The monoisotopic (exact) mass is 359 g/mol. The quantitative estimate of drug-likeness (QED) is 0.576. The molecule has 1 amide bonds. The molecule has 1 aromatic carbocycles. The molecule has 0 aliphatic rings. The Bertz CT molecular complexity index is 594. The van der Waals surface area contributed by atoms with Gasteiger partial charge in [0, 0.05) is 11.0 Å². The second kappa shape index (κ2) is 7.74. The lowest BCUT2D eigenvalue weighted by molar-refractivity contribution is -0.133. The number of carbonyl (C=O) groups is 1. The van der Waals surface area contributed by atoms with Gasteiger partial charge in [-0.1, -0.05) is 85.7 Å². The number of hydrogen-bond donors (Lipinski definition) is 1. The van der Waals surface area contributed by atoms with Crippen molar-refractivity contribution in [2.24, 2.45) is 16.7 Å². The van der Waals surface area contributed by atoms with E-state index in [9.17, 15) is 4.79 Å². The summed E-state index contributed by atoms with van der Waals surface area (Å²) < 4.78 is 0. The molecule has 2 nitrogen and oxygen atoms in total. The Hall–Kier alpha value is -1.31. The van der Waals surface area contributed by atoms with E-state index in [-0.39, 0.29) is 27.7 Å². The summed E-state index contributed by atoms with van der Waals surface area (Å²) in [5.74, 6) is 0.694. The highest BCUT2D eigenvalue weighted by Gasteiger charge is 2.39. The molecule has 0 unspecified atom stereocenters. The van der Waals surface area contributed by atoms with Crippen LogP contribution in [0.25, 0.3) is 0 Å². The molecular weight excluding hydrogens is 318 g/mol. The Morgan fingerprint density at radius 2 is 1.38 bits per heavy atom. The van der Waals surface area contributed by atoms with Gasteiger partial charge >= 0.3 is 0 Å². The van der Waals surface area contributed by atoms with Gasteiger partial charge in [0.2, 0.25) is 5.91 Å². The van der Waals surface area contributed by atoms with Gasteiger partial charge in [-0.15, -0.1) is 0 Å². The summed E-state index contributed by atoms with van der Waals surface area (Å²) in [6.07, 6.45) is 1.76. The van der Waals surface area contributed by atoms with Gasteiger partial charge < -0.3 is 5.32 Å². The lowest BCUT2D eigenvalue weighted by atomic mass is 9.68. The zero-order valence-corrected chi connectivity index (χ0v) is 18.8. The van der Waals surface area contributed by atoms with Gasteiger partial charge in [-0.25, -0.2) is 0 Å². The van der Waals surface area contributed by atoms with Crippen molar-refractivity contribution in [2.45, 2.75) is 93.0 Å². The standard InChI is InChI=1S/C24H41NO/c1-18(2)21(3,4)16-23(7,8)20(26)25-24(9,10)17-22(5,6)19-14-12-11-13-15-19/h11-15,18H,16-17H2,1-10H3,(H,25,26). The van der Waals surface area contributed by atoms with Crippen LogP contribution in [0.5, 0.6) is 0 Å². The molecule has 0 aliphatic heterocycles. The van der Waals surface area contributed by atoms with E-state index in [2.05, 4.69) is 98.8 Å².